The van der Waals surface area contributed by atoms with Crippen molar-refractivity contribution in [3.63, 3.8) is 0 Å². The highest BCUT2D eigenvalue weighted by Gasteiger charge is 2.29. The van der Waals surface area contributed by atoms with Crippen molar-refractivity contribution in [2.75, 3.05) is 0 Å². The van der Waals surface area contributed by atoms with Gasteiger partial charge >= 0.3 is 0 Å². The number of hydrogen-bond donors (Lipinski definition) is 0. The van der Waals surface area contributed by atoms with Gasteiger partial charge < -0.3 is 4.57 Å². The van der Waals surface area contributed by atoms with Gasteiger partial charge in [-0.1, -0.05) is 56.3 Å². The third-order valence-corrected chi connectivity index (χ3v) is 6.52. The summed E-state index contributed by atoms with van der Waals surface area (Å²) in [5.41, 5.74) is 7.39. The minimum atomic E-state index is -0.242. The van der Waals surface area contributed by atoms with Crippen LogP contribution in [0, 0.1) is 18.2 Å². The van der Waals surface area contributed by atoms with Gasteiger partial charge in [-0.25, -0.2) is 4.39 Å². The van der Waals surface area contributed by atoms with Gasteiger partial charge in [-0.2, -0.15) is 0 Å². The van der Waals surface area contributed by atoms with E-state index in [2.05, 4.69) is 30.5 Å². The Kier molecular flexibility index (Phi) is 4.58. The van der Waals surface area contributed by atoms with E-state index in [1.54, 1.807) is 12.1 Å². The standard InChI is InChI=1S/C28H26FNO/c1-18-26(27(31)20-10-11-21-15-28(2,3)16-22(21)14-20)24-6-4-5-7-25(24)30(18)17-19-8-12-23(29)13-9-19/h4-14H,15-17H2,1-3H3. The molecule has 156 valence electrons. The van der Waals surface area contributed by atoms with Crippen LogP contribution >= 0.6 is 0 Å². The van der Waals surface area contributed by atoms with E-state index in [-0.39, 0.29) is 17.0 Å². The first-order valence-corrected chi connectivity index (χ1v) is 10.8. The molecule has 0 atom stereocenters. The van der Waals surface area contributed by atoms with Gasteiger partial charge in [0, 0.05) is 28.7 Å². The first-order chi connectivity index (χ1) is 14.8. The molecule has 5 rings (SSSR count). The Bertz CT molecular complexity index is 1310. The molecule has 0 saturated carbocycles. The molecule has 2 nitrogen and oxygen atoms in total. The lowest BCUT2D eigenvalue weighted by Crippen LogP contribution is -2.09. The van der Waals surface area contributed by atoms with Crippen molar-refractivity contribution in [2.24, 2.45) is 5.41 Å². The van der Waals surface area contributed by atoms with Crippen LogP contribution in [0.5, 0.6) is 0 Å². The third kappa shape index (κ3) is 3.48. The van der Waals surface area contributed by atoms with Crippen molar-refractivity contribution < 1.29 is 9.18 Å². The summed E-state index contributed by atoms with van der Waals surface area (Å²) in [7, 11) is 0. The topological polar surface area (TPSA) is 22.0 Å². The quantitative estimate of drug-likeness (QED) is 0.352. The Labute approximate surface area is 182 Å². The summed E-state index contributed by atoms with van der Waals surface area (Å²) in [4.78, 5) is 13.7. The summed E-state index contributed by atoms with van der Waals surface area (Å²) >= 11 is 0. The summed E-state index contributed by atoms with van der Waals surface area (Å²) in [5.74, 6) is -0.174. The van der Waals surface area contributed by atoms with Crippen LogP contribution in [-0.2, 0) is 19.4 Å². The normalized spacial score (nSPS) is 14.7. The Balaban J connectivity index is 1.59. The molecule has 3 heteroatoms. The molecule has 1 aromatic heterocycles. The van der Waals surface area contributed by atoms with Crippen molar-refractivity contribution in [3.8, 4) is 0 Å². The highest BCUT2D eigenvalue weighted by Crippen LogP contribution is 2.37. The molecule has 1 aliphatic rings. The van der Waals surface area contributed by atoms with E-state index in [1.165, 1.54) is 23.3 Å². The van der Waals surface area contributed by atoms with E-state index in [0.29, 0.717) is 6.54 Å². The van der Waals surface area contributed by atoms with Crippen molar-refractivity contribution in [1.82, 2.24) is 4.57 Å². The fourth-order valence-electron chi connectivity index (χ4n) is 5.04. The number of halogens is 1. The van der Waals surface area contributed by atoms with Crippen LogP contribution in [0.1, 0.15) is 52.2 Å². The van der Waals surface area contributed by atoms with Crippen LogP contribution in [0.25, 0.3) is 10.9 Å². The molecule has 3 aromatic carbocycles. The minimum absolute atomic E-state index is 0.0686. The lowest BCUT2D eigenvalue weighted by atomic mass is 9.90. The van der Waals surface area contributed by atoms with Crippen molar-refractivity contribution in [2.45, 2.75) is 40.2 Å². The summed E-state index contributed by atoms with van der Waals surface area (Å²) in [6.07, 6.45) is 2.07. The lowest BCUT2D eigenvalue weighted by Gasteiger charge is -2.14. The molecular weight excluding hydrogens is 385 g/mol. The van der Waals surface area contributed by atoms with Crippen LogP contribution in [0.4, 0.5) is 4.39 Å². The number of aromatic nitrogens is 1. The number of rotatable bonds is 4. The van der Waals surface area contributed by atoms with Crippen molar-refractivity contribution in [1.29, 1.82) is 0 Å². The van der Waals surface area contributed by atoms with Gasteiger partial charge in [0.2, 0.25) is 0 Å². The van der Waals surface area contributed by atoms with E-state index in [9.17, 15) is 9.18 Å². The maximum atomic E-state index is 13.7. The predicted octanol–water partition coefficient (Wildman–Crippen LogP) is 6.49. The Morgan fingerprint density at radius 3 is 2.45 bits per heavy atom. The molecule has 31 heavy (non-hydrogen) atoms. The molecule has 0 N–H and O–H groups in total. The Morgan fingerprint density at radius 1 is 0.968 bits per heavy atom. The van der Waals surface area contributed by atoms with E-state index in [4.69, 9.17) is 0 Å². The van der Waals surface area contributed by atoms with E-state index < -0.39 is 0 Å². The van der Waals surface area contributed by atoms with Crippen molar-refractivity contribution >= 4 is 16.7 Å². The first kappa shape index (κ1) is 19.7. The van der Waals surface area contributed by atoms with Gasteiger partial charge in [0.05, 0.1) is 5.56 Å². The van der Waals surface area contributed by atoms with Crippen LogP contribution < -0.4 is 0 Å². The molecule has 4 aromatic rings. The highest BCUT2D eigenvalue weighted by molar-refractivity contribution is 6.17. The number of fused-ring (bicyclic) bond motifs is 2. The number of para-hydroxylation sites is 1. The molecule has 0 unspecified atom stereocenters. The average molecular weight is 412 g/mol. The third-order valence-electron chi connectivity index (χ3n) is 6.52. The molecule has 1 heterocycles. The van der Waals surface area contributed by atoms with Crippen LogP contribution in [0.3, 0.4) is 0 Å². The lowest BCUT2D eigenvalue weighted by molar-refractivity contribution is 0.103. The van der Waals surface area contributed by atoms with Gasteiger partial charge in [-0.3, -0.25) is 4.79 Å². The Morgan fingerprint density at radius 2 is 1.68 bits per heavy atom. The average Bonchev–Trinajstić information content (AvgIpc) is 3.20. The van der Waals surface area contributed by atoms with Crippen LogP contribution in [0.2, 0.25) is 0 Å². The smallest absolute Gasteiger partial charge is 0.195 e. The summed E-state index contributed by atoms with van der Waals surface area (Å²) in [6, 6.07) is 20.8. The zero-order valence-corrected chi connectivity index (χ0v) is 18.2. The van der Waals surface area contributed by atoms with Gasteiger partial charge in [0.15, 0.2) is 5.78 Å². The second-order valence-corrected chi connectivity index (χ2v) is 9.52. The molecular formula is C28H26FNO. The fraction of sp³-hybridized carbons (Fsp3) is 0.250. The number of hydrogen-bond acceptors (Lipinski definition) is 1. The van der Waals surface area contributed by atoms with Gasteiger partial charge in [0.25, 0.3) is 0 Å². The number of carbonyl (C=O) groups excluding carboxylic acids is 1. The van der Waals surface area contributed by atoms with Gasteiger partial charge in [-0.05, 0) is 66.1 Å². The SMILES string of the molecule is Cc1c(C(=O)c2ccc3c(c2)CC(C)(C)C3)c2ccccc2n1Cc1ccc(F)cc1. The number of nitrogens with zero attached hydrogens (tertiary/aromatic N) is 1. The summed E-state index contributed by atoms with van der Waals surface area (Å²) < 4.78 is 15.5. The molecule has 0 radical (unpaired) electrons. The zero-order chi connectivity index (χ0) is 21.8. The number of benzene rings is 3. The molecule has 1 aliphatic carbocycles. The van der Waals surface area contributed by atoms with Gasteiger partial charge in [-0.15, -0.1) is 0 Å². The van der Waals surface area contributed by atoms with E-state index in [0.717, 1.165) is 46.1 Å². The monoisotopic (exact) mass is 411 g/mol. The van der Waals surface area contributed by atoms with Crippen molar-refractivity contribution in [3.05, 3.63) is 106 Å². The van der Waals surface area contributed by atoms with E-state index >= 15 is 0 Å². The second kappa shape index (κ2) is 7.19. The molecule has 0 saturated heterocycles. The van der Waals surface area contributed by atoms with Crippen LogP contribution in [0.15, 0.2) is 66.7 Å². The molecule has 0 bridgehead atoms. The summed E-state index contributed by atoms with van der Waals surface area (Å²) in [5, 5.41) is 0.966. The second-order valence-electron chi connectivity index (χ2n) is 9.52. The highest BCUT2D eigenvalue weighted by atomic mass is 19.1. The molecule has 0 amide bonds. The predicted molar refractivity (Wildman–Crippen MR) is 123 cm³/mol. The fourth-order valence-corrected chi connectivity index (χ4v) is 5.04. The van der Waals surface area contributed by atoms with E-state index in [1.807, 2.05) is 37.3 Å². The molecule has 0 aliphatic heterocycles. The Hall–Kier alpha value is -3.20. The van der Waals surface area contributed by atoms with Crippen LogP contribution in [-0.4, -0.2) is 10.4 Å². The van der Waals surface area contributed by atoms with Gasteiger partial charge in [0.1, 0.15) is 5.82 Å². The first-order valence-electron chi connectivity index (χ1n) is 10.8. The number of carbonyl (C=O) groups is 1. The maximum Gasteiger partial charge on any atom is 0.195 e. The summed E-state index contributed by atoms with van der Waals surface area (Å²) in [6.45, 7) is 7.16. The maximum absolute atomic E-state index is 13.7. The largest absolute Gasteiger partial charge is 0.340 e. The molecule has 0 fully saturated rings. The number of ketones is 1. The molecule has 0 spiro atoms. The minimum Gasteiger partial charge on any atom is -0.340 e. The zero-order valence-electron chi connectivity index (χ0n) is 18.2.